The maximum atomic E-state index is 14.3. The first-order valence-electron chi connectivity index (χ1n) is 7.78. The van der Waals surface area contributed by atoms with Crippen molar-refractivity contribution in [1.29, 1.82) is 0 Å². The molecule has 2 saturated carbocycles. The van der Waals surface area contributed by atoms with Gasteiger partial charge in [-0.2, -0.15) is 0 Å². The number of rotatable bonds is 2. The SMILES string of the molecule is O=C1CCc2cc(C(=O)C3CC4CCC3C4)c(F)cc2N1. The summed E-state index contributed by atoms with van der Waals surface area (Å²) in [5.41, 5.74) is 1.62. The van der Waals surface area contributed by atoms with Crippen molar-refractivity contribution >= 4 is 17.4 Å². The Hall–Kier alpha value is -1.71. The fourth-order valence-corrected chi connectivity index (χ4v) is 4.36. The molecule has 1 aromatic carbocycles. The van der Waals surface area contributed by atoms with Gasteiger partial charge in [-0.15, -0.1) is 0 Å². The van der Waals surface area contributed by atoms with Gasteiger partial charge in [0.2, 0.25) is 5.91 Å². The second-order valence-electron chi connectivity index (χ2n) is 6.68. The highest BCUT2D eigenvalue weighted by molar-refractivity contribution is 6.00. The van der Waals surface area contributed by atoms with Crippen LogP contribution in [-0.4, -0.2) is 11.7 Å². The van der Waals surface area contributed by atoms with Crippen molar-refractivity contribution in [3.05, 3.63) is 29.1 Å². The van der Waals surface area contributed by atoms with E-state index in [9.17, 15) is 14.0 Å². The second kappa shape index (κ2) is 4.65. The van der Waals surface area contributed by atoms with E-state index in [0.29, 0.717) is 30.4 Å². The monoisotopic (exact) mass is 287 g/mol. The predicted molar refractivity (Wildman–Crippen MR) is 76.6 cm³/mol. The number of fused-ring (bicyclic) bond motifs is 3. The van der Waals surface area contributed by atoms with Crippen molar-refractivity contribution in [2.24, 2.45) is 17.8 Å². The van der Waals surface area contributed by atoms with Crippen LogP contribution < -0.4 is 5.32 Å². The lowest BCUT2D eigenvalue weighted by Gasteiger charge is -2.22. The van der Waals surface area contributed by atoms with E-state index in [4.69, 9.17) is 0 Å². The summed E-state index contributed by atoms with van der Waals surface area (Å²) in [6.07, 6.45) is 5.39. The van der Waals surface area contributed by atoms with Crippen molar-refractivity contribution in [3.8, 4) is 0 Å². The summed E-state index contributed by atoms with van der Waals surface area (Å²) in [6.45, 7) is 0. The third-order valence-electron chi connectivity index (χ3n) is 5.43. The molecule has 0 spiro atoms. The first kappa shape index (κ1) is 13.0. The number of nitrogens with one attached hydrogen (secondary N) is 1. The van der Waals surface area contributed by atoms with Gasteiger partial charge in [-0.25, -0.2) is 4.39 Å². The molecule has 110 valence electrons. The minimum absolute atomic E-state index is 0.00878. The maximum absolute atomic E-state index is 14.3. The predicted octanol–water partition coefficient (Wildman–Crippen LogP) is 3.33. The van der Waals surface area contributed by atoms with Crippen LogP contribution in [-0.2, 0) is 11.2 Å². The number of anilines is 1. The summed E-state index contributed by atoms with van der Waals surface area (Å²) in [6, 6.07) is 2.98. The molecule has 0 aromatic heterocycles. The number of hydrogen-bond donors (Lipinski definition) is 1. The van der Waals surface area contributed by atoms with E-state index in [2.05, 4.69) is 5.32 Å². The summed E-state index contributed by atoms with van der Waals surface area (Å²) in [5.74, 6) is 0.522. The summed E-state index contributed by atoms with van der Waals surface area (Å²) in [4.78, 5) is 24.0. The van der Waals surface area contributed by atoms with Gasteiger partial charge in [0.1, 0.15) is 5.82 Å². The lowest BCUT2D eigenvalue weighted by molar-refractivity contribution is -0.116. The second-order valence-corrected chi connectivity index (χ2v) is 6.68. The van der Waals surface area contributed by atoms with Crippen molar-refractivity contribution < 1.29 is 14.0 Å². The number of halogens is 1. The minimum atomic E-state index is -0.497. The fraction of sp³-hybridized carbons (Fsp3) is 0.529. The summed E-state index contributed by atoms with van der Waals surface area (Å²) >= 11 is 0. The van der Waals surface area contributed by atoms with Gasteiger partial charge in [0.15, 0.2) is 5.78 Å². The van der Waals surface area contributed by atoms with Gasteiger partial charge in [0.05, 0.1) is 5.56 Å². The smallest absolute Gasteiger partial charge is 0.224 e. The lowest BCUT2D eigenvalue weighted by atomic mass is 9.82. The molecule has 1 N–H and O–H groups in total. The molecule has 3 atom stereocenters. The minimum Gasteiger partial charge on any atom is -0.326 e. The van der Waals surface area contributed by atoms with E-state index in [-0.39, 0.29) is 23.2 Å². The largest absolute Gasteiger partial charge is 0.326 e. The molecule has 4 rings (SSSR count). The Labute approximate surface area is 122 Å². The summed E-state index contributed by atoms with van der Waals surface area (Å²) in [7, 11) is 0. The van der Waals surface area contributed by atoms with Gasteiger partial charge in [0, 0.05) is 18.0 Å². The quantitative estimate of drug-likeness (QED) is 0.848. The molecule has 2 bridgehead atoms. The Morgan fingerprint density at radius 2 is 2.05 bits per heavy atom. The molecule has 1 heterocycles. The van der Waals surface area contributed by atoms with Crippen LogP contribution in [0.4, 0.5) is 10.1 Å². The highest BCUT2D eigenvalue weighted by atomic mass is 19.1. The van der Waals surface area contributed by atoms with Crippen molar-refractivity contribution in [2.75, 3.05) is 5.32 Å². The van der Waals surface area contributed by atoms with E-state index >= 15 is 0 Å². The highest BCUT2D eigenvalue weighted by Gasteiger charge is 2.43. The number of carbonyl (C=O) groups excluding carboxylic acids is 2. The van der Waals surface area contributed by atoms with Gasteiger partial charge in [-0.3, -0.25) is 9.59 Å². The average Bonchev–Trinajstić information content (AvgIpc) is 3.08. The molecule has 2 fully saturated rings. The molecule has 4 heteroatoms. The molecule has 21 heavy (non-hydrogen) atoms. The molecule has 3 nitrogen and oxygen atoms in total. The molecule has 0 saturated heterocycles. The summed E-state index contributed by atoms with van der Waals surface area (Å²) in [5, 5.41) is 2.67. The Balaban J connectivity index is 1.66. The average molecular weight is 287 g/mol. The number of carbonyl (C=O) groups is 2. The molecular formula is C17H18FNO2. The number of amides is 1. The van der Waals surface area contributed by atoms with Crippen LogP contribution in [0.3, 0.4) is 0 Å². The Morgan fingerprint density at radius 1 is 1.19 bits per heavy atom. The molecule has 1 aliphatic heterocycles. The van der Waals surface area contributed by atoms with Gasteiger partial charge < -0.3 is 5.32 Å². The zero-order valence-electron chi connectivity index (χ0n) is 11.8. The zero-order valence-corrected chi connectivity index (χ0v) is 11.8. The first-order valence-corrected chi connectivity index (χ1v) is 7.78. The van der Waals surface area contributed by atoms with Crippen LogP contribution in [0.25, 0.3) is 0 Å². The number of Topliss-reactive ketones (excluding diaryl/α,β-unsaturated/α-hetero) is 1. The highest BCUT2D eigenvalue weighted by Crippen LogP contribution is 2.49. The molecular weight excluding hydrogens is 269 g/mol. The van der Waals surface area contributed by atoms with Crippen molar-refractivity contribution in [3.63, 3.8) is 0 Å². The Bertz CT molecular complexity index is 640. The van der Waals surface area contributed by atoms with Crippen LogP contribution in [0.15, 0.2) is 12.1 Å². The topological polar surface area (TPSA) is 46.2 Å². The third kappa shape index (κ3) is 2.08. The summed E-state index contributed by atoms with van der Waals surface area (Å²) < 4.78 is 14.3. The van der Waals surface area contributed by atoms with Crippen molar-refractivity contribution in [1.82, 2.24) is 0 Å². The molecule has 2 aliphatic carbocycles. The van der Waals surface area contributed by atoms with Crippen LogP contribution in [0.1, 0.15) is 48.0 Å². The van der Waals surface area contributed by atoms with E-state index in [1.807, 2.05) is 0 Å². The number of benzene rings is 1. The molecule has 0 radical (unpaired) electrons. The van der Waals surface area contributed by atoms with Gasteiger partial charge >= 0.3 is 0 Å². The lowest BCUT2D eigenvalue weighted by Crippen LogP contribution is -2.24. The van der Waals surface area contributed by atoms with E-state index < -0.39 is 5.82 Å². The van der Waals surface area contributed by atoms with E-state index in [1.165, 1.54) is 12.5 Å². The van der Waals surface area contributed by atoms with E-state index in [1.54, 1.807) is 6.07 Å². The number of aryl methyl sites for hydroxylation is 1. The molecule has 1 aromatic rings. The third-order valence-corrected chi connectivity index (χ3v) is 5.43. The standard InChI is InChI=1S/C17H18FNO2/c18-14-8-15-11(3-4-16(20)19-15)7-13(14)17(21)12-6-9-1-2-10(12)5-9/h7-10,12H,1-6H2,(H,19,20). The molecule has 3 aliphatic rings. The van der Waals surface area contributed by atoms with E-state index in [0.717, 1.165) is 24.8 Å². The Kier molecular flexibility index (Phi) is 2.88. The first-order chi connectivity index (χ1) is 10.1. The zero-order chi connectivity index (χ0) is 14.6. The molecule has 1 amide bonds. The van der Waals surface area contributed by atoms with Crippen molar-refractivity contribution in [2.45, 2.75) is 38.5 Å². The van der Waals surface area contributed by atoms with Crippen LogP contribution in [0.2, 0.25) is 0 Å². The number of hydrogen-bond acceptors (Lipinski definition) is 2. The van der Waals surface area contributed by atoms with Gasteiger partial charge in [-0.1, -0.05) is 6.42 Å². The van der Waals surface area contributed by atoms with Gasteiger partial charge in [-0.05, 0) is 55.2 Å². The fourth-order valence-electron chi connectivity index (χ4n) is 4.36. The van der Waals surface area contributed by atoms with Gasteiger partial charge in [0.25, 0.3) is 0 Å². The normalized spacial score (nSPS) is 30.1. The van der Waals surface area contributed by atoms with Crippen LogP contribution in [0.5, 0.6) is 0 Å². The maximum Gasteiger partial charge on any atom is 0.224 e. The Morgan fingerprint density at radius 3 is 2.76 bits per heavy atom. The van der Waals surface area contributed by atoms with Crippen LogP contribution in [0, 0.1) is 23.6 Å². The number of ketones is 1. The molecule has 3 unspecified atom stereocenters. The van der Waals surface area contributed by atoms with Crippen LogP contribution >= 0.6 is 0 Å².